The summed E-state index contributed by atoms with van der Waals surface area (Å²) in [6, 6.07) is 0. The van der Waals surface area contributed by atoms with E-state index in [0.717, 1.165) is 30.5 Å². The number of ether oxygens (including phenoxy) is 1. The number of aromatic nitrogens is 2. The van der Waals surface area contributed by atoms with E-state index in [1.54, 1.807) is 9.47 Å². The SMILES string of the molecule is O=C(CSc1nc(=O)n(CCO)c2c1CCC2)N1CCOCC1. The molecule has 23 heavy (non-hydrogen) atoms. The predicted molar refractivity (Wildman–Crippen MR) is 85.7 cm³/mol. The fourth-order valence-corrected chi connectivity index (χ4v) is 4.05. The quantitative estimate of drug-likeness (QED) is 0.584. The second-order valence-corrected chi connectivity index (χ2v) is 6.60. The third kappa shape index (κ3) is 3.59. The van der Waals surface area contributed by atoms with Crippen LogP contribution < -0.4 is 5.69 Å². The van der Waals surface area contributed by atoms with Crippen LogP contribution in [-0.2, 0) is 28.9 Å². The second-order valence-electron chi connectivity index (χ2n) is 5.64. The first-order chi connectivity index (χ1) is 11.2. The highest BCUT2D eigenvalue weighted by atomic mass is 32.2. The summed E-state index contributed by atoms with van der Waals surface area (Å²) in [5.41, 5.74) is 1.71. The molecule has 1 saturated heterocycles. The lowest BCUT2D eigenvalue weighted by Crippen LogP contribution is -2.41. The van der Waals surface area contributed by atoms with E-state index in [0.29, 0.717) is 37.1 Å². The molecule has 1 aromatic rings. The highest BCUT2D eigenvalue weighted by molar-refractivity contribution is 7.99. The van der Waals surface area contributed by atoms with Gasteiger partial charge in [-0.15, -0.1) is 0 Å². The minimum atomic E-state index is -0.332. The molecule has 0 bridgehead atoms. The minimum absolute atomic E-state index is 0.0615. The van der Waals surface area contributed by atoms with Crippen molar-refractivity contribution in [3.05, 3.63) is 21.7 Å². The molecule has 0 aromatic carbocycles. The highest BCUT2D eigenvalue weighted by Crippen LogP contribution is 2.29. The van der Waals surface area contributed by atoms with Crippen molar-refractivity contribution in [1.82, 2.24) is 14.5 Å². The summed E-state index contributed by atoms with van der Waals surface area (Å²) >= 11 is 1.35. The van der Waals surface area contributed by atoms with Crippen molar-refractivity contribution in [1.29, 1.82) is 0 Å². The summed E-state index contributed by atoms with van der Waals surface area (Å²) in [5.74, 6) is 0.356. The minimum Gasteiger partial charge on any atom is -0.395 e. The van der Waals surface area contributed by atoms with Crippen LogP contribution in [0.5, 0.6) is 0 Å². The van der Waals surface area contributed by atoms with E-state index in [9.17, 15) is 9.59 Å². The van der Waals surface area contributed by atoms with Gasteiger partial charge in [0.25, 0.3) is 0 Å². The lowest BCUT2D eigenvalue weighted by molar-refractivity contribution is -0.132. The van der Waals surface area contributed by atoms with E-state index < -0.39 is 0 Å². The number of nitrogens with zero attached hydrogens (tertiary/aromatic N) is 3. The Hall–Kier alpha value is -1.38. The van der Waals surface area contributed by atoms with Gasteiger partial charge in [0, 0.05) is 24.3 Å². The van der Waals surface area contributed by atoms with E-state index in [1.165, 1.54) is 11.8 Å². The van der Waals surface area contributed by atoms with Gasteiger partial charge in [0.1, 0.15) is 5.03 Å². The summed E-state index contributed by atoms with van der Waals surface area (Å²) in [6.45, 7) is 2.64. The van der Waals surface area contributed by atoms with Crippen molar-refractivity contribution in [2.45, 2.75) is 30.8 Å². The Morgan fingerprint density at radius 3 is 2.83 bits per heavy atom. The molecule has 1 aliphatic carbocycles. The number of hydrogen-bond donors (Lipinski definition) is 1. The molecule has 0 unspecified atom stereocenters. The van der Waals surface area contributed by atoms with E-state index in [1.807, 2.05) is 0 Å². The fraction of sp³-hybridized carbons (Fsp3) is 0.667. The van der Waals surface area contributed by atoms with Crippen LogP contribution >= 0.6 is 11.8 Å². The van der Waals surface area contributed by atoms with Crippen LogP contribution in [-0.4, -0.2) is 64.1 Å². The van der Waals surface area contributed by atoms with Crippen LogP contribution in [0.3, 0.4) is 0 Å². The molecule has 1 amide bonds. The Morgan fingerprint density at radius 2 is 2.09 bits per heavy atom. The maximum atomic E-state index is 12.2. The third-order valence-corrected chi connectivity index (χ3v) is 5.22. The molecule has 8 heteroatoms. The highest BCUT2D eigenvalue weighted by Gasteiger charge is 2.23. The van der Waals surface area contributed by atoms with E-state index in [4.69, 9.17) is 9.84 Å². The van der Waals surface area contributed by atoms with Crippen LogP contribution in [0, 0.1) is 0 Å². The Morgan fingerprint density at radius 1 is 1.30 bits per heavy atom. The molecule has 126 valence electrons. The number of aliphatic hydroxyl groups excluding tert-OH is 1. The average molecular weight is 339 g/mol. The molecule has 3 rings (SSSR count). The van der Waals surface area contributed by atoms with Crippen LogP contribution in [0.25, 0.3) is 0 Å². The van der Waals surface area contributed by atoms with Gasteiger partial charge in [-0.05, 0) is 19.3 Å². The van der Waals surface area contributed by atoms with Crippen molar-refractivity contribution >= 4 is 17.7 Å². The lowest BCUT2D eigenvalue weighted by atomic mass is 10.2. The van der Waals surface area contributed by atoms with Gasteiger partial charge in [-0.25, -0.2) is 4.79 Å². The van der Waals surface area contributed by atoms with Gasteiger partial charge < -0.3 is 14.7 Å². The zero-order valence-electron chi connectivity index (χ0n) is 13.0. The standard InChI is InChI=1S/C15H21N3O4S/c19-7-4-18-12-3-1-2-11(12)14(16-15(18)21)23-10-13(20)17-5-8-22-9-6-17/h19H,1-10H2. The molecule has 0 saturated carbocycles. The molecule has 1 aromatic heterocycles. The van der Waals surface area contributed by atoms with Crippen LogP contribution in [0.15, 0.2) is 9.82 Å². The molecular weight excluding hydrogens is 318 g/mol. The van der Waals surface area contributed by atoms with E-state index >= 15 is 0 Å². The Bertz CT molecular complexity index is 640. The summed E-state index contributed by atoms with van der Waals surface area (Å²) in [4.78, 5) is 30.3. The zero-order valence-corrected chi connectivity index (χ0v) is 13.8. The van der Waals surface area contributed by atoms with Gasteiger partial charge in [0.15, 0.2) is 0 Å². The predicted octanol–water partition coefficient (Wildman–Crippen LogP) is -0.325. The Balaban J connectivity index is 1.73. The molecule has 7 nitrogen and oxygen atoms in total. The molecule has 2 heterocycles. The fourth-order valence-electron chi connectivity index (χ4n) is 3.07. The summed E-state index contributed by atoms with van der Waals surface area (Å²) in [5, 5.41) is 9.79. The molecular formula is C15H21N3O4S. The van der Waals surface area contributed by atoms with Crippen LogP contribution in [0.1, 0.15) is 17.7 Å². The molecule has 0 spiro atoms. The number of morpholine rings is 1. The van der Waals surface area contributed by atoms with Crippen molar-refractivity contribution < 1.29 is 14.6 Å². The van der Waals surface area contributed by atoms with Gasteiger partial charge in [0.05, 0.1) is 32.1 Å². The number of carbonyl (C=O) groups is 1. The van der Waals surface area contributed by atoms with E-state index in [2.05, 4.69) is 4.98 Å². The number of thioether (sulfide) groups is 1. The Labute approximate surface area is 138 Å². The second kappa shape index (κ2) is 7.46. The molecule has 1 aliphatic heterocycles. The number of hydrogen-bond acceptors (Lipinski definition) is 6. The van der Waals surface area contributed by atoms with Gasteiger partial charge in [-0.3, -0.25) is 9.36 Å². The largest absolute Gasteiger partial charge is 0.395 e. The third-order valence-electron chi connectivity index (χ3n) is 4.22. The van der Waals surface area contributed by atoms with Crippen molar-refractivity contribution in [3.8, 4) is 0 Å². The monoisotopic (exact) mass is 339 g/mol. The number of carbonyl (C=O) groups excluding carboxylic acids is 1. The van der Waals surface area contributed by atoms with Gasteiger partial charge in [0.2, 0.25) is 5.91 Å². The average Bonchev–Trinajstić information content (AvgIpc) is 3.06. The Kier molecular flexibility index (Phi) is 5.34. The van der Waals surface area contributed by atoms with Crippen LogP contribution in [0.4, 0.5) is 0 Å². The molecule has 1 N–H and O–H groups in total. The van der Waals surface area contributed by atoms with Crippen LogP contribution in [0.2, 0.25) is 0 Å². The first-order valence-corrected chi connectivity index (χ1v) is 8.91. The number of rotatable bonds is 5. The lowest BCUT2D eigenvalue weighted by Gasteiger charge is -2.26. The smallest absolute Gasteiger partial charge is 0.348 e. The maximum Gasteiger partial charge on any atom is 0.348 e. The summed E-state index contributed by atoms with van der Waals surface area (Å²) in [6.07, 6.45) is 2.69. The molecule has 0 radical (unpaired) electrons. The van der Waals surface area contributed by atoms with Gasteiger partial charge in [-0.2, -0.15) is 4.98 Å². The van der Waals surface area contributed by atoms with Gasteiger partial charge >= 0.3 is 5.69 Å². The molecule has 0 atom stereocenters. The summed E-state index contributed by atoms with van der Waals surface area (Å²) in [7, 11) is 0. The number of aliphatic hydroxyl groups is 1. The van der Waals surface area contributed by atoms with Crippen molar-refractivity contribution in [3.63, 3.8) is 0 Å². The maximum absolute atomic E-state index is 12.2. The number of fused-ring (bicyclic) bond motifs is 1. The van der Waals surface area contributed by atoms with Gasteiger partial charge in [-0.1, -0.05) is 11.8 Å². The normalized spacial score (nSPS) is 17.3. The molecule has 2 aliphatic rings. The molecule has 1 fully saturated rings. The number of amides is 1. The van der Waals surface area contributed by atoms with E-state index in [-0.39, 0.29) is 24.7 Å². The topological polar surface area (TPSA) is 84.7 Å². The van der Waals surface area contributed by atoms with Crippen molar-refractivity contribution in [2.75, 3.05) is 38.7 Å². The zero-order chi connectivity index (χ0) is 16.2. The summed E-state index contributed by atoms with van der Waals surface area (Å²) < 4.78 is 6.81. The first-order valence-electron chi connectivity index (χ1n) is 7.92. The van der Waals surface area contributed by atoms with Crippen molar-refractivity contribution in [2.24, 2.45) is 0 Å². The first kappa shape index (κ1) is 16.5.